The molecule has 0 saturated heterocycles. The van der Waals surface area contributed by atoms with Crippen LogP contribution in [0.25, 0.3) is 0 Å². The van der Waals surface area contributed by atoms with Crippen molar-refractivity contribution < 1.29 is 9.53 Å². The third-order valence-corrected chi connectivity index (χ3v) is 3.80. The van der Waals surface area contributed by atoms with Gasteiger partial charge in [0.1, 0.15) is 5.75 Å². The van der Waals surface area contributed by atoms with Gasteiger partial charge in [-0.1, -0.05) is 11.6 Å². The number of nitrogens with two attached hydrogens (primary N) is 1. The molecule has 1 amide bonds. The predicted octanol–water partition coefficient (Wildman–Crippen LogP) is 2.80. The number of rotatable bonds is 3. The van der Waals surface area contributed by atoms with Crippen molar-refractivity contribution in [3.63, 3.8) is 0 Å². The lowest BCUT2D eigenvalue weighted by Crippen LogP contribution is -2.32. The average molecular weight is 283 g/mol. The van der Waals surface area contributed by atoms with Crippen LogP contribution in [0.1, 0.15) is 25.7 Å². The molecule has 104 valence electrons. The first-order valence-electron chi connectivity index (χ1n) is 6.50. The van der Waals surface area contributed by atoms with Crippen molar-refractivity contribution in [3.8, 4) is 5.75 Å². The van der Waals surface area contributed by atoms with Crippen molar-refractivity contribution in [2.24, 2.45) is 11.7 Å². The van der Waals surface area contributed by atoms with Crippen LogP contribution in [-0.4, -0.2) is 19.1 Å². The van der Waals surface area contributed by atoms with E-state index in [0.717, 1.165) is 25.7 Å². The van der Waals surface area contributed by atoms with Gasteiger partial charge in [-0.3, -0.25) is 4.79 Å². The van der Waals surface area contributed by atoms with Crippen LogP contribution in [0.3, 0.4) is 0 Å². The van der Waals surface area contributed by atoms with E-state index in [1.807, 2.05) is 0 Å². The molecule has 19 heavy (non-hydrogen) atoms. The second-order valence-electron chi connectivity index (χ2n) is 4.95. The molecule has 1 aromatic rings. The molecular weight excluding hydrogens is 264 g/mol. The quantitative estimate of drug-likeness (QED) is 0.896. The number of carbonyl (C=O) groups is 1. The minimum atomic E-state index is 0.0208. The monoisotopic (exact) mass is 282 g/mol. The summed E-state index contributed by atoms with van der Waals surface area (Å²) in [5.74, 6) is 0.668. The van der Waals surface area contributed by atoms with Gasteiger partial charge < -0.3 is 15.8 Å². The van der Waals surface area contributed by atoms with E-state index >= 15 is 0 Å². The van der Waals surface area contributed by atoms with Crippen LogP contribution in [0.5, 0.6) is 5.75 Å². The molecule has 1 fully saturated rings. The second kappa shape index (κ2) is 6.26. The Morgan fingerprint density at radius 3 is 2.68 bits per heavy atom. The van der Waals surface area contributed by atoms with Crippen molar-refractivity contribution in [2.45, 2.75) is 31.7 Å². The van der Waals surface area contributed by atoms with Crippen molar-refractivity contribution in [2.75, 3.05) is 12.4 Å². The summed E-state index contributed by atoms with van der Waals surface area (Å²) in [6.45, 7) is 0. The third kappa shape index (κ3) is 3.61. The molecule has 1 aliphatic carbocycles. The first kappa shape index (κ1) is 14.2. The van der Waals surface area contributed by atoms with Gasteiger partial charge in [-0.15, -0.1) is 0 Å². The number of hydrogen-bond acceptors (Lipinski definition) is 3. The zero-order valence-electron chi connectivity index (χ0n) is 11.0. The molecule has 4 nitrogen and oxygen atoms in total. The molecule has 0 bridgehead atoms. The van der Waals surface area contributed by atoms with Gasteiger partial charge in [-0.2, -0.15) is 0 Å². The predicted molar refractivity (Wildman–Crippen MR) is 76.6 cm³/mol. The summed E-state index contributed by atoms with van der Waals surface area (Å²) in [5, 5.41) is 3.47. The van der Waals surface area contributed by atoms with E-state index in [0.29, 0.717) is 16.5 Å². The van der Waals surface area contributed by atoms with E-state index in [4.69, 9.17) is 22.1 Å². The molecule has 5 heteroatoms. The number of ether oxygens (including phenoxy) is 1. The first-order chi connectivity index (χ1) is 9.10. The van der Waals surface area contributed by atoms with Gasteiger partial charge in [0.25, 0.3) is 0 Å². The van der Waals surface area contributed by atoms with Gasteiger partial charge in [-0.25, -0.2) is 0 Å². The summed E-state index contributed by atoms with van der Waals surface area (Å²) in [5.41, 5.74) is 6.47. The number of halogens is 1. The maximum Gasteiger partial charge on any atom is 0.227 e. The molecule has 0 radical (unpaired) electrons. The van der Waals surface area contributed by atoms with Crippen molar-refractivity contribution >= 4 is 23.2 Å². The van der Waals surface area contributed by atoms with Crippen LogP contribution < -0.4 is 15.8 Å². The lowest BCUT2D eigenvalue weighted by atomic mass is 9.86. The number of nitrogens with one attached hydrogen (secondary N) is 1. The molecule has 3 N–H and O–H groups in total. The van der Waals surface area contributed by atoms with Crippen molar-refractivity contribution in [3.05, 3.63) is 23.2 Å². The molecule has 1 aromatic carbocycles. The number of methoxy groups -OCH3 is 1. The Kier molecular flexibility index (Phi) is 4.66. The Hall–Kier alpha value is -1.26. The number of carbonyl (C=O) groups excluding carboxylic acids is 1. The largest absolute Gasteiger partial charge is 0.495 e. The van der Waals surface area contributed by atoms with Crippen LogP contribution in [0.2, 0.25) is 5.02 Å². The Morgan fingerprint density at radius 1 is 1.37 bits per heavy atom. The van der Waals surface area contributed by atoms with E-state index in [1.165, 1.54) is 0 Å². The highest BCUT2D eigenvalue weighted by atomic mass is 35.5. The summed E-state index contributed by atoms with van der Waals surface area (Å²) >= 11 is 5.94. The fourth-order valence-electron chi connectivity index (χ4n) is 2.39. The second-order valence-corrected chi connectivity index (χ2v) is 5.38. The topological polar surface area (TPSA) is 64.3 Å². The Labute approximate surface area is 118 Å². The smallest absolute Gasteiger partial charge is 0.227 e. The molecular formula is C14H19ClN2O2. The van der Waals surface area contributed by atoms with Crippen LogP contribution >= 0.6 is 11.6 Å². The van der Waals surface area contributed by atoms with Crippen molar-refractivity contribution in [1.29, 1.82) is 0 Å². The van der Waals surface area contributed by atoms with Gasteiger partial charge in [-0.05, 0) is 43.9 Å². The molecule has 2 rings (SSSR count). The van der Waals surface area contributed by atoms with Gasteiger partial charge >= 0.3 is 0 Å². The molecule has 0 unspecified atom stereocenters. The van der Waals surface area contributed by atoms with Gasteiger partial charge in [0.05, 0.1) is 12.8 Å². The Balaban J connectivity index is 2.04. The van der Waals surface area contributed by atoms with E-state index in [2.05, 4.69) is 5.32 Å². The highest BCUT2D eigenvalue weighted by molar-refractivity contribution is 6.31. The molecule has 0 aliphatic heterocycles. The SMILES string of the molecule is COc1ccc(Cl)cc1NC(=O)C1CCC(N)CC1. The Morgan fingerprint density at radius 2 is 2.05 bits per heavy atom. The maximum absolute atomic E-state index is 12.2. The van der Waals surface area contributed by atoms with E-state index in [-0.39, 0.29) is 17.9 Å². The summed E-state index contributed by atoms with van der Waals surface area (Å²) in [7, 11) is 1.57. The molecule has 0 aromatic heterocycles. The maximum atomic E-state index is 12.2. The summed E-state index contributed by atoms with van der Waals surface area (Å²) in [6.07, 6.45) is 3.50. The molecule has 0 heterocycles. The van der Waals surface area contributed by atoms with Crippen LogP contribution in [0.4, 0.5) is 5.69 Å². The van der Waals surface area contributed by atoms with Gasteiger partial charge in [0.15, 0.2) is 0 Å². The van der Waals surface area contributed by atoms with Crippen LogP contribution in [0.15, 0.2) is 18.2 Å². The van der Waals surface area contributed by atoms with Gasteiger partial charge in [0, 0.05) is 17.0 Å². The lowest BCUT2D eigenvalue weighted by Gasteiger charge is -2.25. The number of hydrogen-bond donors (Lipinski definition) is 2. The number of benzene rings is 1. The summed E-state index contributed by atoms with van der Waals surface area (Å²) in [4.78, 5) is 12.2. The highest BCUT2D eigenvalue weighted by Gasteiger charge is 2.25. The minimum absolute atomic E-state index is 0.0208. The van der Waals surface area contributed by atoms with Crippen molar-refractivity contribution in [1.82, 2.24) is 0 Å². The van der Waals surface area contributed by atoms with Crippen LogP contribution in [-0.2, 0) is 4.79 Å². The molecule has 1 saturated carbocycles. The van der Waals surface area contributed by atoms with E-state index in [1.54, 1.807) is 25.3 Å². The number of amides is 1. The van der Waals surface area contributed by atoms with E-state index < -0.39 is 0 Å². The van der Waals surface area contributed by atoms with Gasteiger partial charge in [0.2, 0.25) is 5.91 Å². The molecule has 0 atom stereocenters. The Bertz CT molecular complexity index is 457. The number of anilines is 1. The first-order valence-corrected chi connectivity index (χ1v) is 6.88. The van der Waals surface area contributed by atoms with E-state index in [9.17, 15) is 4.79 Å². The fourth-order valence-corrected chi connectivity index (χ4v) is 2.57. The summed E-state index contributed by atoms with van der Waals surface area (Å²) in [6, 6.07) is 5.42. The lowest BCUT2D eigenvalue weighted by molar-refractivity contribution is -0.120. The summed E-state index contributed by atoms with van der Waals surface area (Å²) < 4.78 is 5.21. The zero-order valence-corrected chi connectivity index (χ0v) is 11.7. The third-order valence-electron chi connectivity index (χ3n) is 3.56. The minimum Gasteiger partial charge on any atom is -0.495 e. The highest BCUT2D eigenvalue weighted by Crippen LogP contribution is 2.30. The van der Waals surface area contributed by atoms with Crippen LogP contribution in [0, 0.1) is 5.92 Å². The average Bonchev–Trinajstić information content (AvgIpc) is 2.39. The zero-order chi connectivity index (χ0) is 13.8. The normalized spacial score (nSPS) is 22.9. The fraction of sp³-hybridized carbons (Fsp3) is 0.500. The standard InChI is InChI=1S/C14H19ClN2O2/c1-19-13-7-4-10(15)8-12(13)17-14(18)9-2-5-11(16)6-3-9/h4,7-9,11H,2-3,5-6,16H2,1H3,(H,17,18). The molecule has 1 aliphatic rings. The molecule has 0 spiro atoms.